The Morgan fingerprint density at radius 3 is 2.81 bits per heavy atom. The van der Waals surface area contributed by atoms with Crippen LogP contribution in [0.3, 0.4) is 0 Å². The van der Waals surface area contributed by atoms with Crippen molar-refractivity contribution in [2.24, 2.45) is 0 Å². The lowest BCUT2D eigenvalue weighted by molar-refractivity contribution is -0.121. The standard InChI is InChI=1S/C10H16N4O2/c1-6(10(15)12-2)13-9-7(11)4-5-8(14-9)16-3/h4-6H,11H2,1-3H3,(H,12,15)(H,13,14). The number of nitrogen functional groups attached to an aromatic ring is 1. The van der Waals surface area contributed by atoms with Crippen LogP contribution in [-0.4, -0.2) is 31.1 Å². The SMILES string of the molecule is CNC(=O)C(C)Nc1nc(OC)ccc1N. The van der Waals surface area contributed by atoms with Crippen molar-refractivity contribution in [3.8, 4) is 5.88 Å². The molecule has 1 heterocycles. The monoisotopic (exact) mass is 224 g/mol. The van der Waals surface area contributed by atoms with E-state index >= 15 is 0 Å². The maximum absolute atomic E-state index is 11.3. The van der Waals surface area contributed by atoms with Gasteiger partial charge in [-0.2, -0.15) is 4.98 Å². The van der Waals surface area contributed by atoms with Gasteiger partial charge in [-0.15, -0.1) is 0 Å². The van der Waals surface area contributed by atoms with E-state index in [2.05, 4.69) is 15.6 Å². The van der Waals surface area contributed by atoms with Crippen LogP contribution in [0.4, 0.5) is 11.5 Å². The number of anilines is 2. The van der Waals surface area contributed by atoms with Gasteiger partial charge in [-0.3, -0.25) is 4.79 Å². The minimum atomic E-state index is -0.410. The van der Waals surface area contributed by atoms with Gasteiger partial charge in [0.2, 0.25) is 11.8 Å². The van der Waals surface area contributed by atoms with E-state index < -0.39 is 6.04 Å². The number of ether oxygens (including phenoxy) is 1. The molecule has 0 aliphatic heterocycles. The number of amides is 1. The van der Waals surface area contributed by atoms with Crippen LogP contribution in [0.15, 0.2) is 12.1 Å². The molecule has 16 heavy (non-hydrogen) atoms. The average molecular weight is 224 g/mol. The van der Waals surface area contributed by atoms with Crippen molar-refractivity contribution in [1.29, 1.82) is 0 Å². The molecule has 0 radical (unpaired) electrons. The zero-order chi connectivity index (χ0) is 12.1. The van der Waals surface area contributed by atoms with E-state index in [4.69, 9.17) is 10.5 Å². The summed E-state index contributed by atoms with van der Waals surface area (Å²) in [6.45, 7) is 1.72. The smallest absolute Gasteiger partial charge is 0.241 e. The Kier molecular flexibility index (Phi) is 3.93. The number of hydrogen-bond donors (Lipinski definition) is 3. The van der Waals surface area contributed by atoms with Crippen LogP contribution in [0.2, 0.25) is 0 Å². The molecular weight excluding hydrogens is 208 g/mol. The molecule has 0 aromatic carbocycles. The van der Waals surface area contributed by atoms with Crippen LogP contribution < -0.4 is 21.1 Å². The lowest BCUT2D eigenvalue weighted by Crippen LogP contribution is -2.35. The summed E-state index contributed by atoms with van der Waals surface area (Å²) >= 11 is 0. The third kappa shape index (κ3) is 2.75. The number of aromatic nitrogens is 1. The first-order valence-corrected chi connectivity index (χ1v) is 4.87. The summed E-state index contributed by atoms with van der Waals surface area (Å²) in [5, 5.41) is 5.44. The summed E-state index contributed by atoms with van der Waals surface area (Å²) in [6, 6.07) is 2.92. The molecule has 1 rings (SSSR count). The van der Waals surface area contributed by atoms with Crippen molar-refractivity contribution in [3.63, 3.8) is 0 Å². The quantitative estimate of drug-likeness (QED) is 0.680. The van der Waals surface area contributed by atoms with Gasteiger partial charge in [-0.25, -0.2) is 0 Å². The third-order valence-corrected chi connectivity index (χ3v) is 2.10. The van der Waals surface area contributed by atoms with Crippen LogP contribution in [0.25, 0.3) is 0 Å². The fourth-order valence-electron chi connectivity index (χ4n) is 1.17. The van der Waals surface area contributed by atoms with Gasteiger partial charge in [0.05, 0.1) is 12.8 Å². The molecule has 1 atom stereocenters. The highest BCUT2D eigenvalue weighted by Gasteiger charge is 2.13. The number of nitrogens with one attached hydrogen (secondary N) is 2. The lowest BCUT2D eigenvalue weighted by Gasteiger charge is -2.14. The van der Waals surface area contributed by atoms with Crippen molar-refractivity contribution in [3.05, 3.63) is 12.1 Å². The molecule has 88 valence electrons. The number of likely N-dealkylation sites (N-methyl/N-ethyl adjacent to an activating group) is 1. The Morgan fingerprint density at radius 1 is 1.56 bits per heavy atom. The minimum absolute atomic E-state index is 0.135. The molecule has 4 N–H and O–H groups in total. The fraction of sp³-hybridized carbons (Fsp3) is 0.400. The van der Waals surface area contributed by atoms with Crippen molar-refractivity contribution >= 4 is 17.4 Å². The van der Waals surface area contributed by atoms with Crippen molar-refractivity contribution in [2.75, 3.05) is 25.2 Å². The number of carbonyl (C=O) groups is 1. The Morgan fingerprint density at radius 2 is 2.25 bits per heavy atom. The number of nitrogens with zero attached hydrogens (tertiary/aromatic N) is 1. The highest BCUT2D eigenvalue weighted by molar-refractivity contribution is 5.84. The van der Waals surface area contributed by atoms with E-state index in [0.717, 1.165) is 0 Å². The maximum atomic E-state index is 11.3. The predicted octanol–water partition coefficient (Wildman–Crippen LogP) is 0.219. The summed E-state index contributed by atoms with van der Waals surface area (Å²) in [7, 11) is 3.09. The molecule has 0 aliphatic carbocycles. The van der Waals surface area contributed by atoms with Gasteiger partial charge in [0.15, 0.2) is 5.82 Å². The second kappa shape index (κ2) is 5.20. The molecule has 0 spiro atoms. The summed E-state index contributed by atoms with van der Waals surface area (Å²) in [5.41, 5.74) is 6.19. The van der Waals surface area contributed by atoms with E-state index in [-0.39, 0.29) is 5.91 Å². The van der Waals surface area contributed by atoms with Crippen molar-refractivity contribution in [2.45, 2.75) is 13.0 Å². The summed E-state index contributed by atoms with van der Waals surface area (Å²) in [5.74, 6) is 0.750. The van der Waals surface area contributed by atoms with Crippen LogP contribution >= 0.6 is 0 Å². The number of methoxy groups -OCH3 is 1. The van der Waals surface area contributed by atoms with Crippen molar-refractivity contribution in [1.82, 2.24) is 10.3 Å². The maximum Gasteiger partial charge on any atom is 0.241 e. The number of carbonyl (C=O) groups excluding carboxylic acids is 1. The molecule has 0 fully saturated rings. The third-order valence-electron chi connectivity index (χ3n) is 2.10. The molecule has 1 aromatic heterocycles. The normalized spacial score (nSPS) is 11.7. The lowest BCUT2D eigenvalue weighted by atomic mass is 10.3. The fourth-order valence-corrected chi connectivity index (χ4v) is 1.17. The van der Waals surface area contributed by atoms with E-state index in [1.165, 1.54) is 7.11 Å². The Labute approximate surface area is 94.2 Å². The first kappa shape index (κ1) is 12.1. The van der Waals surface area contributed by atoms with Gasteiger partial charge in [0.25, 0.3) is 0 Å². The van der Waals surface area contributed by atoms with Crippen LogP contribution in [0, 0.1) is 0 Å². The highest BCUT2D eigenvalue weighted by atomic mass is 16.5. The zero-order valence-corrected chi connectivity index (χ0v) is 9.57. The molecule has 0 saturated carbocycles. The van der Waals surface area contributed by atoms with Crippen molar-refractivity contribution < 1.29 is 9.53 Å². The van der Waals surface area contributed by atoms with Crippen LogP contribution in [0.1, 0.15) is 6.92 Å². The average Bonchev–Trinajstić information content (AvgIpc) is 2.30. The second-order valence-corrected chi connectivity index (χ2v) is 3.27. The largest absolute Gasteiger partial charge is 0.481 e. The minimum Gasteiger partial charge on any atom is -0.481 e. The Hall–Kier alpha value is -1.98. The van der Waals surface area contributed by atoms with Gasteiger partial charge in [0.1, 0.15) is 6.04 Å². The first-order valence-electron chi connectivity index (χ1n) is 4.87. The van der Waals surface area contributed by atoms with E-state index in [1.54, 1.807) is 26.1 Å². The molecule has 0 bridgehead atoms. The van der Waals surface area contributed by atoms with E-state index in [0.29, 0.717) is 17.4 Å². The molecule has 0 aliphatic rings. The molecular formula is C10H16N4O2. The first-order chi connectivity index (χ1) is 7.58. The van der Waals surface area contributed by atoms with Gasteiger partial charge in [0, 0.05) is 13.1 Å². The molecule has 6 heteroatoms. The number of nitrogens with two attached hydrogens (primary N) is 1. The molecule has 0 saturated heterocycles. The molecule has 1 amide bonds. The van der Waals surface area contributed by atoms with E-state index in [1.807, 2.05) is 0 Å². The highest BCUT2D eigenvalue weighted by Crippen LogP contribution is 2.20. The number of hydrogen-bond acceptors (Lipinski definition) is 5. The summed E-state index contributed by atoms with van der Waals surface area (Å²) in [4.78, 5) is 15.4. The van der Waals surface area contributed by atoms with Crippen LogP contribution in [-0.2, 0) is 4.79 Å². The van der Waals surface area contributed by atoms with Gasteiger partial charge in [-0.05, 0) is 13.0 Å². The summed E-state index contributed by atoms with van der Waals surface area (Å²) < 4.78 is 4.97. The number of rotatable bonds is 4. The molecule has 6 nitrogen and oxygen atoms in total. The van der Waals surface area contributed by atoms with Gasteiger partial charge >= 0.3 is 0 Å². The van der Waals surface area contributed by atoms with Gasteiger partial charge < -0.3 is 21.1 Å². The van der Waals surface area contributed by atoms with Crippen LogP contribution in [0.5, 0.6) is 5.88 Å². The van der Waals surface area contributed by atoms with Gasteiger partial charge in [-0.1, -0.05) is 0 Å². The predicted molar refractivity (Wildman–Crippen MR) is 62.4 cm³/mol. The second-order valence-electron chi connectivity index (χ2n) is 3.27. The topological polar surface area (TPSA) is 89.3 Å². The zero-order valence-electron chi connectivity index (χ0n) is 9.57. The molecule has 1 aromatic rings. The van der Waals surface area contributed by atoms with E-state index in [9.17, 15) is 4.79 Å². The Balaban J connectivity index is 2.83. The summed E-state index contributed by atoms with van der Waals surface area (Å²) in [6.07, 6.45) is 0. The molecule has 1 unspecified atom stereocenters. The Bertz CT molecular complexity index is 381. The number of pyridine rings is 1.